The fraction of sp³-hybridized carbons (Fsp3) is 0.647. The van der Waals surface area contributed by atoms with Gasteiger partial charge in [0.25, 0.3) is 0 Å². The normalized spacial score (nSPS) is 33.5. The number of fused-ring (bicyclic) bond motifs is 1. The van der Waals surface area contributed by atoms with Crippen molar-refractivity contribution in [2.75, 3.05) is 13.2 Å². The van der Waals surface area contributed by atoms with Gasteiger partial charge in [0.2, 0.25) is 0 Å². The quantitative estimate of drug-likeness (QED) is 0.739. The van der Waals surface area contributed by atoms with Gasteiger partial charge in [0.1, 0.15) is 0 Å². The minimum atomic E-state index is 0.260. The smallest absolute Gasteiger partial charge is 0.161 e. The predicted molar refractivity (Wildman–Crippen MR) is 86.4 cm³/mol. The third-order valence-corrected chi connectivity index (χ3v) is 5.89. The predicted octanol–water partition coefficient (Wildman–Crippen LogP) is 4.34. The molecule has 1 saturated heterocycles. The summed E-state index contributed by atoms with van der Waals surface area (Å²) >= 11 is 3.89. The van der Waals surface area contributed by atoms with Crippen LogP contribution in [0.1, 0.15) is 37.6 Å². The molecule has 2 heterocycles. The highest BCUT2D eigenvalue weighted by atomic mass is 79.9. The number of ether oxygens (including phenoxy) is 3. The fourth-order valence-corrected chi connectivity index (χ4v) is 4.57. The van der Waals surface area contributed by atoms with Gasteiger partial charge in [-0.1, -0.05) is 28.9 Å². The van der Waals surface area contributed by atoms with E-state index in [1.165, 1.54) is 5.56 Å². The lowest BCUT2D eigenvalue weighted by atomic mass is 9.84. The molecule has 4 heteroatoms. The molecule has 0 N–H and O–H groups in total. The van der Waals surface area contributed by atoms with Crippen molar-refractivity contribution in [1.82, 2.24) is 0 Å². The van der Waals surface area contributed by atoms with Gasteiger partial charge in [-0.25, -0.2) is 0 Å². The highest BCUT2D eigenvalue weighted by Gasteiger charge is 2.41. The van der Waals surface area contributed by atoms with Crippen LogP contribution in [0, 0.1) is 11.8 Å². The summed E-state index contributed by atoms with van der Waals surface area (Å²) in [6, 6.07) is 6.27. The Morgan fingerprint density at radius 1 is 1.05 bits per heavy atom. The van der Waals surface area contributed by atoms with E-state index >= 15 is 0 Å². The maximum atomic E-state index is 5.98. The van der Waals surface area contributed by atoms with Gasteiger partial charge in [0.05, 0.1) is 25.4 Å². The Morgan fingerprint density at radius 3 is 2.43 bits per heavy atom. The molecule has 2 aliphatic heterocycles. The lowest BCUT2D eigenvalue weighted by molar-refractivity contribution is 0.0511. The molecule has 0 aliphatic carbocycles. The Balaban J connectivity index is 1.85. The molecule has 0 radical (unpaired) electrons. The zero-order valence-corrected chi connectivity index (χ0v) is 14.4. The Bertz CT molecular complexity index is 505. The average Bonchev–Trinajstić information content (AvgIpc) is 2.66. The first-order valence-corrected chi connectivity index (χ1v) is 8.68. The van der Waals surface area contributed by atoms with Crippen molar-refractivity contribution >= 4 is 15.9 Å². The molecule has 1 aromatic rings. The van der Waals surface area contributed by atoms with Gasteiger partial charge < -0.3 is 14.2 Å². The van der Waals surface area contributed by atoms with E-state index in [0.717, 1.165) is 31.1 Å². The van der Waals surface area contributed by atoms with E-state index in [1.807, 2.05) is 6.07 Å². The van der Waals surface area contributed by atoms with Crippen molar-refractivity contribution in [3.05, 3.63) is 23.8 Å². The van der Waals surface area contributed by atoms with E-state index in [1.54, 1.807) is 0 Å². The summed E-state index contributed by atoms with van der Waals surface area (Å²) in [6.45, 7) is 8.05. The van der Waals surface area contributed by atoms with Gasteiger partial charge in [-0.15, -0.1) is 0 Å². The molecule has 5 atom stereocenters. The van der Waals surface area contributed by atoms with Crippen molar-refractivity contribution in [3.63, 3.8) is 0 Å². The second-order valence-electron chi connectivity index (χ2n) is 6.14. The number of hydrogen-bond donors (Lipinski definition) is 0. The zero-order chi connectivity index (χ0) is 15.0. The van der Waals surface area contributed by atoms with Crippen molar-refractivity contribution in [2.24, 2.45) is 11.8 Å². The van der Waals surface area contributed by atoms with Crippen molar-refractivity contribution in [2.45, 2.75) is 44.2 Å². The Kier molecular flexibility index (Phi) is 4.46. The van der Waals surface area contributed by atoms with E-state index in [0.29, 0.717) is 17.9 Å². The van der Waals surface area contributed by atoms with E-state index < -0.39 is 0 Å². The second-order valence-corrected chi connectivity index (χ2v) is 7.13. The Hall–Kier alpha value is -0.740. The van der Waals surface area contributed by atoms with E-state index in [-0.39, 0.29) is 10.9 Å². The van der Waals surface area contributed by atoms with Crippen LogP contribution in [0.2, 0.25) is 0 Å². The molecule has 21 heavy (non-hydrogen) atoms. The summed E-state index contributed by atoms with van der Waals surface area (Å²) < 4.78 is 17.5. The molecule has 0 spiro atoms. The summed E-state index contributed by atoms with van der Waals surface area (Å²) in [4.78, 5) is 0.268. The van der Waals surface area contributed by atoms with Gasteiger partial charge in [-0.3, -0.25) is 0 Å². The molecule has 1 fully saturated rings. The van der Waals surface area contributed by atoms with Crippen LogP contribution in [0.25, 0.3) is 0 Å². The highest BCUT2D eigenvalue weighted by Crippen LogP contribution is 2.46. The molecule has 0 bridgehead atoms. The summed E-state index contributed by atoms with van der Waals surface area (Å²) in [5.74, 6) is 2.71. The lowest BCUT2D eigenvalue weighted by Gasteiger charge is -2.25. The van der Waals surface area contributed by atoms with E-state index in [9.17, 15) is 0 Å². The minimum Gasteiger partial charge on any atom is -0.490 e. The average molecular weight is 355 g/mol. The van der Waals surface area contributed by atoms with Crippen molar-refractivity contribution in [3.8, 4) is 11.5 Å². The van der Waals surface area contributed by atoms with Crippen molar-refractivity contribution < 1.29 is 14.2 Å². The molecule has 1 aromatic carbocycles. The first-order valence-electron chi connectivity index (χ1n) is 7.77. The topological polar surface area (TPSA) is 27.7 Å². The number of benzene rings is 1. The monoisotopic (exact) mass is 354 g/mol. The van der Waals surface area contributed by atoms with Crippen LogP contribution < -0.4 is 9.47 Å². The zero-order valence-electron chi connectivity index (χ0n) is 12.8. The van der Waals surface area contributed by atoms with Gasteiger partial charge >= 0.3 is 0 Å². The summed E-state index contributed by atoms with van der Waals surface area (Å²) in [6.07, 6.45) is 1.50. The van der Waals surface area contributed by atoms with Crippen LogP contribution in [0.15, 0.2) is 18.2 Å². The van der Waals surface area contributed by atoms with Gasteiger partial charge in [0.15, 0.2) is 11.5 Å². The lowest BCUT2D eigenvalue weighted by Crippen LogP contribution is -2.21. The van der Waals surface area contributed by atoms with E-state index in [2.05, 4.69) is 48.8 Å². The standard InChI is InChI=1S/C17H23BrO3/c1-10-11(2)21-12(3)16(10)17(18)13-5-6-14-15(9-13)20-8-4-7-19-14/h5-6,9-12,16-17H,4,7-8H2,1-3H3. The Morgan fingerprint density at radius 2 is 1.76 bits per heavy atom. The number of hydrogen-bond acceptors (Lipinski definition) is 3. The molecule has 0 amide bonds. The molecule has 5 unspecified atom stereocenters. The SMILES string of the molecule is CC1OC(C)C(C(Br)c2ccc3c(c2)OCCCO3)C1C. The van der Waals surface area contributed by atoms with Crippen LogP contribution in [-0.4, -0.2) is 25.4 Å². The first-order chi connectivity index (χ1) is 10.1. The number of alkyl halides is 1. The molecular weight excluding hydrogens is 332 g/mol. The Labute approximate surface area is 135 Å². The number of rotatable bonds is 2. The number of halogens is 1. The maximum absolute atomic E-state index is 5.98. The van der Waals surface area contributed by atoms with Crippen LogP contribution in [-0.2, 0) is 4.74 Å². The minimum absolute atomic E-state index is 0.260. The first kappa shape index (κ1) is 15.2. The van der Waals surface area contributed by atoms with Crippen LogP contribution in [0.5, 0.6) is 11.5 Å². The summed E-state index contributed by atoms with van der Waals surface area (Å²) in [5, 5.41) is 0. The molecule has 116 valence electrons. The van der Waals surface area contributed by atoms with Gasteiger partial charge in [-0.2, -0.15) is 0 Å². The second kappa shape index (κ2) is 6.17. The molecule has 3 rings (SSSR count). The van der Waals surface area contributed by atoms with Crippen LogP contribution in [0.4, 0.5) is 0 Å². The molecule has 0 saturated carbocycles. The third-order valence-electron chi connectivity index (χ3n) is 4.75. The van der Waals surface area contributed by atoms with Crippen LogP contribution in [0.3, 0.4) is 0 Å². The summed E-state index contributed by atoms with van der Waals surface area (Å²) in [7, 11) is 0. The fourth-order valence-electron chi connectivity index (χ4n) is 3.37. The molecule has 3 nitrogen and oxygen atoms in total. The van der Waals surface area contributed by atoms with Gasteiger partial charge in [-0.05, 0) is 37.5 Å². The third kappa shape index (κ3) is 2.93. The van der Waals surface area contributed by atoms with Crippen molar-refractivity contribution in [1.29, 1.82) is 0 Å². The largest absolute Gasteiger partial charge is 0.490 e. The summed E-state index contributed by atoms with van der Waals surface area (Å²) in [5.41, 5.74) is 1.24. The molecule has 0 aromatic heterocycles. The van der Waals surface area contributed by atoms with Crippen LogP contribution >= 0.6 is 15.9 Å². The van der Waals surface area contributed by atoms with E-state index in [4.69, 9.17) is 14.2 Å². The maximum Gasteiger partial charge on any atom is 0.161 e. The highest BCUT2D eigenvalue weighted by molar-refractivity contribution is 9.09. The van der Waals surface area contributed by atoms with Gasteiger partial charge in [0, 0.05) is 17.2 Å². The molecular formula is C17H23BrO3. The molecule has 2 aliphatic rings.